The van der Waals surface area contributed by atoms with E-state index in [1.54, 1.807) is 0 Å². The SMILES string of the molecule is CCC1CCCC(NC(C)CC)(C(N)=O)C1. The van der Waals surface area contributed by atoms with Crippen LogP contribution in [0.2, 0.25) is 0 Å². The van der Waals surface area contributed by atoms with Gasteiger partial charge < -0.3 is 11.1 Å². The van der Waals surface area contributed by atoms with Gasteiger partial charge in [-0.15, -0.1) is 0 Å². The van der Waals surface area contributed by atoms with Gasteiger partial charge in [0.2, 0.25) is 5.91 Å². The molecule has 0 saturated heterocycles. The van der Waals surface area contributed by atoms with E-state index in [9.17, 15) is 4.79 Å². The third-order valence-corrected chi connectivity index (χ3v) is 4.04. The molecule has 1 aliphatic carbocycles. The summed E-state index contributed by atoms with van der Waals surface area (Å²) in [5.74, 6) is 0.490. The Balaban J connectivity index is 2.75. The molecule has 0 bridgehead atoms. The summed E-state index contributed by atoms with van der Waals surface area (Å²) in [6, 6.07) is 0.364. The molecule has 3 atom stereocenters. The number of carbonyl (C=O) groups excluding carboxylic acids is 1. The van der Waals surface area contributed by atoms with Gasteiger partial charge in [-0.2, -0.15) is 0 Å². The highest BCUT2D eigenvalue weighted by Crippen LogP contribution is 2.34. The molecule has 3 nitrogen and oxygen atoms in total. The summed E-state index contributed by atoms with van der Waals surface area (Å²) in [6.45, 7) is 6.46. The molecule has 3 heteroatoms. The van der Waals surface area contributed by atoms with Gasteiger partial charge in [0.1, 0.15) is 0 Å². The molecule has 1 saturated carbocycles. The first-order chi connectivity index (χ1) is 7.54. The van der Waals surface area contributed by atoms with Crippen molar-refractivity contribution in [3.63, 3.8) is 0 Å². The van der Waals surface area contributed by atoms with Crippen LogP contribution < -0.4 is 11.1 Å². The second-order valence-corrected chi connectivity index (χ2v) is 5.27. The maximum atomic E-state index is 11.7. The van der Waals surface area contributed by atoms with E-state index >= 15 is 0 Å². The highest BCUT2D eigenvalue weighted by Gasteiger charge is 2.41. The zero-order valence-corrected chi connectivity index (χ0v) is 10.9. The minimum Gasteiger partial charge on any atom is -0.368 e. The van der Waals surface area contributed by atoms with Gasteiger partial charge >= 0.3 is 0 Å². The Morgan fingerprint density at radius 1 is 1.56 bits per heavy atom. The summed E-state index contributed by atoms with van der Waals surface area (Å²) in [5.41, 5.74) is 5.18. The van der Waals surface area contributed by atoms with Gasteiger partial charge in [0.05, 0.1) is 5.54 Å². The Morgan fingerprint density at radius 2 is 2.25 bits per heavy atom. The lowest BCUT2D eigenvalue weighted by atomic mass is 9.74. The molecule has 1 amide bonds. The van der Waals surface area contributed by atoms with E-state index in [0.717, 1.165) is 32.1 Å². The maximum absolute atomic E-state index is 11.7. The number of rotatable bonds is 5. The standard InChI is InChI=1S/C13H26N2O/c1-4-10(3)15-13(12(14)16)8-6-7-11(5-2)9-13/h10-11,15H,4-9H2,1-3H3,(H2,14,16). The second kappa shape index (κ2) is 5.67. The van der Waals surface area contributed by atoms with Crippen LogP contribution in [0.25, 0.3) is 0 Å². The summed E-state index contributed by atoms with van der Waals surface area (Å²) < 4.78 is 0. The molecule has 0 aromatic carbocycles. The van der Waals surface area contributed by atoms with Crippen LogP contribution in [0.15, 0.2) is 0 Å². The third-order valence-electron chi connectivity index (χ3n) is 4.04. The summed E-state index contributed by atoms with van der Waals surface area (Å²) in [4.78, 5) is 11.7. The van der Waals surface area contributed by atoms with Crippen molar-refractivity contribution in [3.05, 3.63) is 0 Å². The number of hydrogen-bond acceptors (Lipinski definition) is 2. The predicted octanol–water partition coefficient (Wildman–Crippen LogP) is 2.20. The molecule has 94 valence electrons. The third kappa shape index (κ3) is 2.97. The molecule has 3 N–H and O–H groups in total. The average molecular weight is 226 g/mol. The molecule has 0 aliphatic heterocycles. The first kappa shape index (κ1) is 13.5. The Kier molecular flexibility index (Phi) is 4.78. The van der Waals surface area contributed by atoms with Crippen molar-refractivity contribution in [1.82, 2.24) is 5.32 Å². The predicted molar refractivity (Wildman–Crippen MR) is 67.1 cm³/mol. The fraction of sp³-hybridized carbons (Fsp3) is 0.923. The number of hydrogen-bond donors (Lipinski definition) is 2. The van der Waals surface area contributed by atoms with Crippen LogP contribution in [0.4, 0.5) is 0 Å². The van der Waals surface area contributed by atoms with E-state index in [4.69, 9.17) is 5.73 Å². The van der Waals surface area contributed by atoms with Crippen molar-refractivity contribution in [2.75, 3.05) is 0 Å². The van der Waals surface area contributed by atoms with Crippen LogP contribution in [0.3, 0.4) is 0 Å². The molecule has 3 unspecified atom stereocenters. The Labute approximate surface area is 99.2 Å². The highest BCUT2D eigenvalue weighted by atomic mass is 16.1. The molecule has 1 rings (SSSR count). The van der Waals surface area contributed by atoms with E-state index in [1.807, 2.05) is 0 Å². The van der Waals surface area contributed by atoms with Crippen molar-refractivity contribution in [3.8, 4) is 0 Å². The summed E-state index contributed by atoms with van der Waals surface area (Å²) in [7, 11) is 0. The molecule has 1 aliphatic rings. The molecule has 0 heterocycles. The fourth-order valence-corrected chi connectivity index (χ4v) is 2.74. The zero-order valence-electron chi connectivity index (χ0n) is 10.9. The summed E-state index contributed by atoms with van der Waals surface area (Å²) in [5, 5.41) is 3.47. The van der Waals surface area contributed by atoms with Gasteiger partial charge in [-0.1, -0.05) is 33.1 Å². The summed E-state index contributed by atoms with van der Waals surface area (Å²) in [6.07, 6.45) is 6.37. The lowest BCUT2D eigenvalue weighted by Gasteiger charge is -2.41. The normalized spacial score (nSPS) is 32.3. The molecular formula is C13H26N2O. The average Bonchev–Trinajstić information content (AvgIpc) is 2.28. The monoisotopic (exact) mass is 226 g/mol. The van der Waals surface area contributed by atoms with Gasteiger partial charge in [0.25, 0.3) is 0 Å². The van der Waals surface area contributed by atoms with Crippen molar-refractivity contribution in [1.29, 1.82) is 0 Å². The van der Waals surface area contributed by atoms with Gasteiger partial charge in [-0.3, -0.25) is 4.79 Å². The van der Waals surface area contributed by atoms with Crippen LogP contribution in [0.1, 0.15) is 59.3 Å². The van der Waals surface area contributed by atoms with Crippen LogP contribution >= 0.6 is 0 Å². The zero-order chi connectivity index (χ0) is 12.2. The molecule has 0 aromatic rings. The maximum Gasteiger partial charge on any atom is 0.237 e. The van der Waals surface area contributed by atoms with E-state index in [1.165, 1.54) is 6.42 Å². The summed E-state index contributed by atoms with van der Waals surface area (Å²) >= 11 is 0. The van der Waals surface area contributed by atoms with Crippen LogP contribution in [0.5, 0.6) is 0 Å². The Hall–Kier alpha value is -0.570. The van der Waals surface area contributed by atoms with Crippen LogP contribution in [-0.4, -0.2) is 17.5 Å². The van der Waals surface area contributed by atoms with E-state index in [-0.39, 0.29) is 5.91 Å². The fourth-order valence-electron chi connectivity index (χ4n) is 2.74. The Bertz CT molecular complexity index is 238. The molecule has 0 spiro atoms. The number of nitrogens with two attached hydrogens (primary N) is 1. The molecule has 0 aromatic heterocycles. The smallest absolute Gasteiger partial charge is 0.237 e. The van der Waals surface area contributed by atoms with Crippen molar-refractivity contribution in [2.24, 2.45) is 11.7 Å². The topological polar surface area (TPSA) is 55.1 Å². The van der Waals surface area contributed by atoms with Gasteiger partial charge in [-0.05, 0) is 32.1 Å². The van der Waals surface area contributed by atoms with Crippen LogP contribution in [-0.2, 0) is 4.79 Å². The number of carbonyl (C=O) groups is 1. The highest BCUT2D eigenvalue weighted by molar-refractivity contribution is 5.84. The van der Waals surface area contributed by atoms with E-state index in [0.29, 0.717) is 12.0 Å². The lowest BCUT2D eigenvalue weighted by molar-refractivity contribution is -0.126. The van der Waals surface area contributed by atoms with Gasteiger partial charge in [-0.25, -0.2) is 0 Å². The van der Waals surface area contributed by atoms with Crippen molar-refractivity contribution in [2.45, 2.75) is 70.9 Å². The molecular weight excluding hydrogens is 200 g/mol. The largest absolute Gasteiger partial charge is 0.368 e. The van der Waals surface area contributed by atoms with Gasteiger partial charge in [0.15, 0.2) is 0 Å². The van der Waals surface area contributed by atoms with Gasteiger partial charge in [0, 0.05) is 6.04 Å². The quantitative estimate of drug-likeness (QED) is 0.755. The minimum absolute atomic E-state index is 0.161. The first-order valence-electron chi connectivity index (χ1n) is 6.61. The first-order valence-corrected chi connectivity index (χ1v) is 6.61. The molecule has 1 fully saturated rings. The van der Waals surface area contributed by atoms with Crippen molar-refractivity contribution < 1.29 is 4.79 Å². The molecule has 0 radical (unpaired) electrons. The van der Waals surface area contributed by atoms with Crippen LogP contribution in [0, 0.1) is 5.92 Å². The lowest BCUT2D eigenvalue weighted by Crippen LogP contribution is -2.60. The van der Waals surface area contributed by atoms with E-state index < -0.39 is 5.54 Å². The number of nitrogens with one attached hydrogen (secondary N) is 1. The minimum atomic E-state index is -0.436. The Morgan fingerprint density at radius 3 is 2.75 bits per heavy atom. The van der Waals surface area contributed by atoms with E-state index in [2.05, 4.69) is 26.1 Å². The second-order valence-electron chi connectivity index (χ2n) is 5.27. The number of amides is 1. The molecule has 16 heavy (non-hydrogen) atoms. The number of primary amides is 1. The van der Waals surface area contributed by atoms with Crippen molar-refractivity contribution >= 4 is 5.91 Å².